The van der Waals surface area contributed by atoms with Gasteiger partial charge in [-0.3, -0.25) is 4.79 Å². The van der Waals surface area contributed by atoms with E-state index in [0.29, 0.717) is 51.0 Å². The van der Waals surface area contributed by atoms with Gasteiger partial charge in [-0.05, 0) is 41.0 Å². The van der Waals surface area contributed by atoms with Crippen molar-refractivity contribution in [2.75, 3.05) is 7.11 Å². The molecule has 0 fully saturated rings. The number of allylic oxidation sites excluding steroid dienone is 2. The SMILES string of the molecule is COC(=O)C1=C(C)NC2=C(C(=O)c3ccccc32)[C@@H]1c1ccc(OCc2cccc3ccccc23)c(Cl)c1. The molecule has 1 heterocycles. The van der Waals surface area contributed by atoms with Crippen LogP contribution in [0.4, 0.5) is 0 Å². The van der Waals surface area contributed by atoms with E-state index in [2.05, 4.69) is 23.5 Å². The summed E-state index contributed by atoms with van der Waals surface area (Å²) >= 11 is 6.73. The second-order valence-corrected chi connectivity index (χ2v) is 9.78. The van der Waals surface area contributed by atoms with Crippen molar-refractivity contribution in [2.45, 2.75) is 19.4 Å². The molecule has 5 nitrogen and oxygen atoms in total. The second kappa shape index (κ2) is 9.51. The molecule has 1 aliphatic carbocycles. The van der Waals surface area contributed by atoms with Crippen LogP contribution in [-0.2, 0) is 16.1 Å². The van der Waals surface area contributed by atoms with Gasteiger partial charge in [0.15, 0.2) is 5.78 Å². The highest BCUT2D eigenvalue weighted by Gasteiger charge is 2.42. The van der Waals surface area contributed by atoms with Gasteiger partial charge in [-0.15, -0.1) is 0 Å². The molecule has 38 heavy (non-hydrogen) atoms. The van der Waals surface area contributed by atoms with Crippen LogP contribution >= 0.6 is 11.6 Å². The number of Topliss-reactive ketones (excluding diaryl/α,β-unsaturated/α-hetero) is 1. The summed E-state index contributed by atoms with van der Waals surface area (Å²) in [6, 6.07) is 27.1. The summed E-state index contributed by atoms with van der Waals surface area (Å²) in [5, 5.41) is 5.95. The van der Waals surface area contributed by atoms with Gasteiger partial charge in [0.25, 0.3) is 0 Å². The molecule has 1 atom stereocenters. The Morgan fingerprint density at radius 2 is 1.68 bits per heavy atom. The molecule has 0 radical (unpaired) electrons. The van der Waals surface area contributed by atoms with E-state index in [9.17, 15) is 9.59 Å². The van der Waals surface area contributed by atoms with E-state index in [1.54, 1.807) is 18.2 Å². The lowest BCUT2D eigenvalue weighted by molar-refractivity contribution is -0.136. The number of carbonyl (C=O) groups is 2. The molecule has 6 heteroatoms. The average molecular weight is 522 g/mol. The molecule has 0 amide bonds. The topological polar surface area (TPSA) is 64.6 Å². The number of ether oxygens (including phenoxy) is 2. The standard InChI is InChI=1S/C32H24ClNO4/c1-18-27(32(36)37-2)28(29-30(34-18)23-12-5-6-13-24(23)31(29)35)20-14-15-26(25(33)16-20)38-17-21-10-7-9-19-8-3-4-11-22(19)21/h3-16,28,34H,17H2,1-2H3/t28-/m1/s1. The molecular weight excluding hydrogens is 498 g/mol. The van der Waals surface area contributed by atoms with Crippen LogP contribution < -0.4 is 10.1 Å². The van der Waals surface area contributed by atoms with Crippen molar-refractivity contribution in [3.8, 4) is 5.75 Å². The Kier molecular flexibility index (Phi) is 6.01. The number of hydrogen-bond donors (Lipinski definition) is 1. The summed E-state index contributed by atoms with van der Waals surface area (Å²) in [4.78, 5) is 26.5. The zero-order valence-electron chi connectivity index (χ0n) is 20.9. The first-order valence-electron chi connectivity index (χ1n) is 12.3. The summed E-state index contributed by atoms with van der Waals surface area (Å²) in [7, 11) is 1.34. The predicted molar refractivity (Wildman–Crippen MR) is 148 cm³/mol. The largest absolute Gasteiger partial charge is 0.487 e. The molecule has 1 aliphatic heterocycles. The van der Waals surface area contributed by atoms with Crippen LogP contribution in [0.5, 0.6) is 5.75 Å². The lowest BCUT2D eigenvalue weighted by atomic mass is 9.80. The number of methoxy groups -OCH3 is 1. The van der Waals surface area contributed by atoms with Crippen LogP contribution in [-0.4, -0.2) is 18.9 Å². The first-order valence-corrected chi connectivity index (χ1v) is 12.7. The third-order valence-corrected chi connectivity index (χ3v) is 7.50. The minimum Gasteiger partial charge on any atom is -0.487 e. The van der Waals surface area contributed by atoms with Gasteiger partial charge in [0.2, 0.25) is 0 Å². The van der Waals surface area contributed by atoms with Gasteiger partial charge < -0.3 is 14.8 Å². The monoisotopic (exact) mass is 521 g/mol. The third-order valence-electron chi connectivity index (χ3n) is 7.21. The molecule has 0 saturated carbocycles. The van der Waals surface area contributed by atoms with E-state index in [0.717, 1.165) is 21.9 Å². The Hall–Kier alpha value is -4.35. The van der Waals surface area contributed by atoms with Crippen molar-refractivity contribution in [1.82, 2.24) is 5.32 Å². The summed E-state index contributed by atoms with van der Waals surface area (Å²) in [5.41, 5.74) is 5.44. The maximum Gasteiger partial charge on any atom is 0.336 e. The van der Waals surface area contributed by atoms with Crippen LogP contribution in [0.1, 0.15) is 39.9 Å². The molecule has 0 saturated heterocycles. The summed E-state index contributed by atoms with van der Waals surface area (Å²) < 4.78 is 11.2. The Morgan fingerprint density at radius 3 is 2.47 bits per heavy atom. The number of carbonyl (C=O) groups excluding carboxylic acids is 2. The number of dihydropyridines is 1. The Bertz CT molecular complexity index is 1700. The van der Waals surface area contributed by atoms with Gasteiger partial charge in [0.1, 0.15) is 12.4 Å². The molecule has 2 aliphatic rings. The van der Waals surface area contributed by atoms with Gasteiger partial charge in [-0.25, -0.2) is 4.79 Å². The van der Waals surface area contributed by atoms with Gasteiger partial charge in [-0.2, -0.15) is 0 Å². The highest BCUT2D eigenvalue weighted by Crippen LogP contribution is 2.47. The maximum absolute atomic E-state index is 13.6. The number of esters is 1. The quantitative estimate of drug-likeness (QED) is 0.292. The molecule has 6 rings (SSSR count). The normalized spacial score (nSPS) is 16.3. The van der Waals surface area contributed by atoms with Crippen molar-refractivity contribution >= 4 is 39.8 Å². The minimum atomic E-state index is -0.636. The van der Waals surface area contributed by atoms with Gasteiger partial charge >= 0.3 is 5.97 Å². The number of hydrogen-bond acceptors (Lipinski definition) is 5. The van der Waals surface area contributed by atoms with Crippen molar-refractivity contribution in [3.63, 3.8) is 0 Å². The van der Waals surface area contributed by atoms with Crippen LogP contribution in [0.25, 0.3) is 16.5 Å². The molecule has 188 valence electrons. The molecule has 0 spiro atoms. The van der Waals surface area contributed by atoms with Crippen molar-refractivity contribution in [3.05, 3.63) is 129 Å². The number of rotatable bonds is 5. The van der Waals surface area contributed by atoms with E-state index in [1.807, 2.05) is 55.5 Å². The average Bonchev–Trinajstić information content (AvgIpc) is 3.22. The third kappa shape index (κ3) is 3.87. The van der Waals surface area contributed by atoms with Gasteiger partial charge in [0, 0.05) is 28.3 Å². The first kappa shape index (κ1) is 24.0. The lowest BCUT2D eigenvalue weighted by Gasteiger charge is -2.29. The highest BCUT2D eigenvalue weighted by molar-refractivity contribution is 6.32. The Morgan fingerprint density at radius 1 is 0.947 bits per heavy atom. The van der Waals surface area contributed by atoms with Crippen LogP contribution in [0.15, 0.2) is 102 Å². The fourth-order valence-electron chi connectivity index (χ4n) is 5.43. The number of halogens is 1. The van der Waals surface area contributed by atoms with Crippen LogP contribution in [0.3, 0.4) is 0 Å². The zero-order valence-corrected chi connectivity index (χ0v) is 21.6. The molecule has 0 aromatic heterocycles. The van der Waals surface area contributed by atoms with Crippen molar-refractivity contribution < 1.29 is 19.1 Å². The number of ketones is 1. The number of fused-ring (bicyclic) bond motifs is 3. The lowest BCUT2D eigenvalue weighted by Crippen LogP contribution is -2.29. The fraction of sp³-hybridized carbons (Fsp3) is 0.125. The Balaban J connectivity index is 1.37. The van der Waals surface area contributed by atoms with E-state index >= 15 is 0 Å². The smallest absolute Gasteiger partial charge is 0.336 e. The van der Waals surface area contributed by atoms with Gasteiger partial charge in [-0.1, -0.05) is 84.4 Å². The van der Waals surface area contributed by atoms with Crippen molar-refractivity contribution in [2.24, 2.45) is 0 Å². The van der Waals surface area contributed by atoms with Gasteiger partial charge in [0.05, 0.1) is 23.4 Å². The first-order chi connectivity index (χ1) is 18.5. The van der Waals surface area contributed by atoms with E-state index in [1.165, 1.54) is 7.11 Å². The summed E-state index contributed by atoms with van der Waals surface area (Å²) in [6.07, 6.45) is 0. The number of benzene rings is 4. The molecular formula is C32H24ClNO4. The fourth-order valence-corrected chi connectivity index (χ4v) is 5.67. The minimum absolute atomic E-state index is 0.116. The maximum atomic E-state index is 13.6. The highest BCUT2D eigenvalue weighted by atomic mass is 35.5. The zero-order chi connectivity index (χ0) is 26.4. The Labute approximate surface area is 225 Å². The van der Waals surface area contributed by atoms with Crippen LogP contribution in [0, 0.1) is 0 Å². The van der Waals surface area contributed by atoms with E-state index < -0.39 is 11.9 Å². The van der Waals surface area contributed by atoms with Crippen LogP contribution in [0.2, 0.25) is 5.02 Å². The molecule has 1 N–H and O–H groups in total. The molecule has 0 unspecified atom stereocenters. The number of nitrogens with one attached hydrogen (secondary N) is 1. The van der Waals surface area contributed by atoms with E-state index in [4.69, 9.17) is 21.1 Å². The molecule has 4 aromatic rings. The summed E-state index contributed by atoms with van der Waals surface area (Å²) in [5.74, 6) is -0.729. The second-order valence-electron chi connectivity index (χ2n) is 9.37. The predicted octanol–water partition coefficient (Wildman–Crippen LogP) is 6.81. The summed E-state index contributed by atoms with van der Waals surface area (Å²) in [6.45, 7) is 2.17. The molecule has 4 aromatic carbocycles. The van der Waals surface area contributed by atoms with E-state index in [-0.39, 0.29) is 5.78 Å². The molecule has 0 bridgehead atoms. The van der Waals surface area contributed by atoms with Crippen molar-refractivity contribution in [1.29, 1.82) is 0 Å².